The largest absolute Gasteiger partial charge is 0.409 e. The average Bonchev–Trinajstić information content (AvgIpc) is 2.45. The minimum Gasteiger partial charge on any atom is -0.409 e. The van der Waals surface area contributed by atoms with Crippen molar-refractivity contribution in [3.8, 4) is 0 Å². The maximum Gasteiger partial charge on any atom is 0.173 e. The SMILES string of the molecule is CS(=O)(=O)C1CSCCN1c1cccc(Br)c1/C(N)=N/O. The molecule has 1 aromatic rings. The molecule has 0 radical (unpaired) electrons. The lowest BCUT2D eigenvalue weighted by molar-refractivity contribution is 0.318. The van der Waals surface area contributed by atoms with Crippen molar-refractivity contribution in [3.63, 3.8) is 0 Å². The first-order valence-corrected chi connectivity index (χ1v) is 10.1. The van der Waals surface area contributed by atoms with Gasteiger partial charge in [-0.1, -0.05) is 11.2 Å². The molecule has 0 amide bonds. The molecule has 1 fully saturated rings. The average molecular weight is 394 g/mol. The number of oxime groups is 1. The molecule has 0 aliphatic carbocycles. The molecule has 1 atom stereocenters. The number of benzene rings is 1. The minimum atomic E-state index is -3.24. The third-order valence-electron chi connectivity index (χ3n) is 3.24. The van der Waals surface area contributed by atoms with Crippen molar-refractivity contribution >= 4 is 49.1 Å². The van der Waals surface area contributed by atoms with Crippen LogP contribution < -0.4 is 10.6 Å². The van der Waals surface area contributed by atoms with E-state index in [9.17, 15) is 8.42 Å². The fraction of sp³-hybridized carbons (Fsp3) is 0.417. The number of anilines is 1. The van der Waals surface area contributed by atoms with Crippen LogP contribution in [0.15, 0.2) is 27.8 Å². The van der Waals surface area contributed by atoms with Crippen LogP contribution in [-0.4, -0.2) is 49.1 Å². The molecule has 3 N–H and O–H groups in total. The number of sulfone groups is 1. The van der Waals surface area contributed by atoms with E-state index < -0.39 is 15.2 Å². The van der Waals surface area contributed by atoms with Gasteiger partial charge in [-0.15, -0.1) is 0 Å². The number of halogens is 1. The summed E-state index contributed by atoms with van der Waals surface area (Å²) in [6.07, 6.45) is 1.23. The zero-order chi connectivity index (χ0) is 15.6. The standard InChI is InChI=1S/C12H16BrN3O3S2/c1-21(18,19)10-7-20-6-5-16(10)9-4-2-3-8(13)11(9)12(14)15-17/h2-4,10,17H,5-7H2,1H3,(H2,14,15). The van der Waals surface area contributed by atoms with E-state index in [1.807, 2.05) is 4.90 Å². The molecule has 1 saturated heterocycles. The second kappa shape index (κ2) is 6.45. The molecule has 1 aliphatic rings. The highest BCUT2D eigenvalue weighted by atomic mass is 79.9. The van der Waals surface area contributed by atoms with E-state index in [-0.39, 0.29) is 5.84 Å². The van der Waals surface area contributed by atoms with Crippen LogP contribution in [0, 0.1) is 0 Å². The van der Waals surface area contributed by atoms with Gasteiger partial charge in [0, 0.05) is 28.8 Å². The zero-order valence-electron chi connectivity index (χ0n) is 11.4. The first-order chi connectivity index (χ1) is 9.86. The molecule has 116 valence electrons. The van der Waals surface area contributed by atoms with Crippen molar-refractivity contribution in [2.75, 3.05) is 29.2 Å². The van der Waals surface area contributed by atoms with Crippen LogP contribution in [-0.2, 0) is 9.84 Å². The molecule has 6 nitrogen and oxygen atoms in total. The Kier molecular flexibility index (Phi) is 5.05. The van der Waals surface area contributed by atoms with Gasteiger partial charge in [0.1, 0.15) is 5.37 Å². The quantitative estimate of drug-likeness (QED) is 0.349. The zero-order valence-corrected chi connectivity index (χ0v) is 14.6. The summed E-state index contributed by atoms with van der Waals surface area (Å²) in [6, 6.07) is 5.35. The number of amidine groups is 1. The summed E-state index contributed by atoms with van der Waals surface area (Å²) in [5.41, 5.74) is 6.89. The van der Waals surface area contributed by atoms with Gasteiger partial charge in [0.05, 0.1) is 11.3 Å². The second-order valence-corrected chi connectivity index (χ2v) is 8.88. The fourth-order valence-corrected chi connectivity index (χ4v) is 5.66. The van der Waals surface area contributed by atoms with Crippen molar-refractivity contribution in [3.05, 3.63) is 28.2 Å². The number of hydrogen-bond donors (Lipinski definition) is 2. The van der Waals surface area contributed by atoms with Crippen LogP contribution in [0.2, 0.25) is 0 Å². The van der Waals surface area contributed by atoms with Gasteiger partial charge in [-0.05, 0) is 28.1 Å². The summed E-state index contributed by atoms with van der Waals surface area (Å²) in [4.78, 5) is 1.81. The molecular weight excluding hydrogens is 378 g/mol. The molecule has 9 heteroatoms. The van der Waals surface area contributed by atoms with Gasteiger partial charge in [0.2, 0.25) is 0 Å². The highest BCUT2D eigenvalue weighted by Gasteiger charge is 2.33. The monoisotopic (exact) mass is 393 g/mol. The number of hydrogen-bond acceptors (Lipinski definition) is 6. The van der Waals surface area contributed by atoms with Crippen molar-refractivity contribution in [2.24, 2.45) is 10.9 Å². The molecule has 1 aliphatic heterocycles. The summed E-state index contributed by atoms with van der Waals surface area (Å²) < 4.78 is 24.7. The molecule has 0 spiro atoms. The number of nitrogens with two attached hydrogens (primary N) is 1. The lowest BCUT2D eigenvalue weighted by atomic mass is 10.1. The smallest absolute Gasteiger partial charge is 0.173 e. The molecule has 1 aromatic carbocycles. The Morgan fingerprint density at radius 3 is 2.90 bits per heavy atom. The van der Waals surface area contributed by atoms with Crippen molar-refractivity contribution in [1.82, 2.24) is 0 Å². The van der Waals surface area contributed by atoms with Gasteiger partial charge < -0.3 is 15.8 Å². The van der Waals surface area contributed by atoms with Crippen molar-refractivity contribution in [1.29, 1.82) is 0 Å². The molecule has 0 aromatic heterocycles. The maximum absolute atomic E-state index is 12.0. The van der Waals surface area contributed by atoms with Crippen LogP contribution in [0.1, 0.15) is 5.56 Å². The van der Waals surface area contributed by atoms with Crippen molar-refractivity contribution in [2.45, 2.75) is 5.37 Å². The van der Waals surface area contributed by atoms with Gasteiger partial charge in [-0.2, -0.15) is 11.8 Å². The summed E-state index contributed by atoms with van der Waals surface area (Å²) in [5.74, 6) is 1.28. The number of nitrogens with zero attached hydrogens (tertiary/aromatic N) is 2. The van der Waals surface area contributed by atoms with E-state index in [0.717, 1.165) is 5.75 Å². The molecule has 2 rings (SSSR count). The summed E-state index contributed by atoms with van der Waals surface area (Å²) in [7, 11) is -3.24. The molecule has 1 heterocycles. The van der Waals surface area contributed by atoms with Crippen LogP contribution in [0.25, 0.3) is 0 Å². The van der Waals surface area contributed by atoms with E-state index in [1.165, 1.54) is 6.26 Å². The van der Waals surface area contributed by atoms with Gasteiger partial charge in [0.15, 0.2) is 15.7 Å². The lowest BCUT2D eigenvalue weighted by Crippen LogP contribution is -2.47. The minimum absolute atomic E-state index is 0.0528. The Morgan fingerprint density at radius 2 is 2.29 bits per heavy atom. The van der Waals surface area contributed by atoms with Crippen molar-refractivity contribution < 1.29 is 13.6 Å². The second-order valence-electron chi connectivity index (χ2n) is 4.67. The molecule has 21 heavy (non-hydrogen) atoms. The summed E-state index contributed by atoms with van der Waals surface area (Å²) >= 11 is 4.98. The molecule has 0 saturated carbocycles. The van der Waals surface area contributed by atoms with E-state index in [1.54, 1.807) is 30.0 Å². The Hall–Kier alpha value is -0.930. The Labute approximate surface area is 136 Å². The van der Waals surface area contributed by atoms with Crippen LogP contribution in [0.3, 0.4) is 0 Å². The Morgan fingerprint density at radius 1 is 1.57 bits per heavy atom. The van der Waals surface area contributed by atoms with Gasteiger partial charge >= 0.3 is 0 Å². The Balaban J connectivity index is 2.57. The third kappa shape index (κ3) is 3.46. The summed E-state index contributed by atoms with van der Waals surface area (Å²) in [5, 5.41) is 11.4. The van der Waals surface area contributed by atoms with E-state index in [4.69, 9.17) is 10.9 Å². The predicted molar refractivity (Wildman–Crippen MR) is 90.0 cm³/mol. The normalized spacial score (nSPS) is 20.6. The highest BCUT2D eigenvalue weighted by Crippen LogP contribution is 2.33. The highest BCUT2D eigenvalue weighted by molar-refractivity contribution is 9.10. The fourth-order valence-electron chi connectivity index (χ4n) is 2.27. The van der Waals surface area contributed by atoms with Crippen LogP contribution >= 0.6 is 27.7 Å². The number of thioether (sulfide) groups is 1. The molecular formula is C12H16BrN3O3S2. The van der Waals surface area contributed by atoms with Crippen LogP contribution in [0.4, 0.5) is 5.69 Å². The molecule has 0 bridgehead atoms. The molecule has 1 unspecified atom stereocenters. The van der Waals surface area contributed by atoms with Gasteiger partial charge in [-0.25, -0.2) is 8.42 Å². The predicted octanol–water partition coefficient (Wildman–Crippen LogP) is 1.47. The first kappa shape index (κ1) is 16.4. The van der Waals surface area contributed by atoms with E-state index in [2.05, 4.69) is 21.1 Å². The van der Waals surface area contributed by atoms with Crippen LogP contribution in [0.5, 0.6) is 0 Å². The first-order valence-electron chi connectivity index (χ1n) is 6.16. The third-order valence-corrected chi connectivity index (χ3v) is 6.55. The van der Waals surface area contributed by atoms with E-state index in [0.29, 0.717) is 28.0 Å². The van der Waals surface area contributed by atoms with E-state index >= 15 is 0 Å². The van der Waals surface area contributed by atoms with Gasteiger partial charge in [-0.3, -0.25) is 0 Å². The maximum atomic E-state index is 12.0. The lowest BCUT2D eigenvalue weighted by Gasteiger charge is -2.37. The topological polar surface area (TPSA) is 96.0 Å². The van der Waals surface area contributed by atoms with Gasteiger partial charge in [0.25, 0.3) is 0 Å². The number of rotatable bonds is 3. The Bertz CT molecular complexity index is 664. The summed E-state index contributed by atoms with van der Waals surface area (Å²) in [6.45, 7) is 0.588.